The number of aromatic nitrogens is 2. The second-order valence-corrected chi connectivity index (χ2v) is 9.23. The van der Waals surface area contributed by atoms with Crippen LogP contribution in [0.5, 0.6) is 0 Å². The molecule has 1 aliphatic heterocycles. The number of carbonyl (C=O) groups is 1. The molecule has 1 aliphatic rings. The molecule has 3 aromatic rings. The summed E-state index contributed by atoms with van der Waals surface area (Å²) in [4.78, 5) is 27.6. The number of alkyl halides is 3. The minimum Gasteiger partial charge on any atom is -0.374 e. The number of ether oxygens (including phenoxy) is 1. The van der Waals surface area contributed by atoms with Gasteiger partial charge >= 0.3 is 6.18 Å². The van der Waals surface area contributed by atoms with E-state index in [2.05, 4.69) is 15.1 Å². The number of carbonyl (C=O) groups excluding carboxylic acids is 1. The minimum absolute atomic E-state index is 0.0167. The Hall–Kier alpha value is -3.72. The molecule has 2 aromatic carbocycles. The van der Waals surface area contributed by atoms with Gasteiger partial charge in [-0.25, -0.2) is 9.97 Å². The van der Waals surface area contributed by atoms with E-state index in [4.69, 9.17) is 38.0 Å². The molecule has 1 atom stereocenters. The van der Waals surface area contributed by atoms with Crippen molar-refractivity contribution in [1.82, 2.24) is 9.97 Å². The van der Waals surface area contributed by atoms with Gasteiger partial charge in [-0.05, 0) is 48.4 Å². The molecule has 13 heteroatoms. The van der Waals surface area contributed by atoms with Crippen molar-refractivity contribution in [3.63, 3.8) is 0 Å². The summed E-state index contributed by atoms with van der Waals surface area (Å²) in [6.07, 6.45) is -2.92. The lowest BCUT2D eigenvalue weighted by atomic mass is 9.86. The molecule has 0 aliphatic carbocycles. The molecular formula is C25H18Cl2F3N5O3. The van der Waals surface area contributed by atoms with Gasteiger partial charge in [0.05, 0.1) is 23.7 Å². The summed E-state index contributed by atoms with van der Waals surface area (Å²) >= 11 is 11.9. The molecule has 38 heavy (non-hydrogen) atoms. The maximum absolute atomic E-state index is 14.3. The first-order valence-electron chi connectivity index (χ1n) is 10.9. The molecule has 1 aromatic heterocycles. The number of rotatable bonds is 6. The van der Waals surface area contributed by atoms with Crippen LogP contribution in [-0.4, -0.2) is 41.6 Å². The van der Waals surface area contributed by atoms with E-state index in [1.54, 1.807) is 6.92 Å². The Morgan fingerprint density at radius 2 is 1.84 bits per heavy atom. The van der Waals surface area contributed by atoms with Crippen molar-refractivity contribution >= 4 is 40.8 Å². The van der Waals surface area contributed by atoms with Crippen LogP contribution in [-0.2, 0) is 15.2 Å². The second kappa shape index (κ2) is 10.6. The van der Waals surface area contributed by atoms with Crippen LogP contribution in [0.15, 0.2) is 53.9 Å². The van der Waals surface area contributed by atoms with Crippen molar-refractivity contribution in [2.45, 2.75) is 25.1 Å². The first-order chi connectivity index (χ1) is 18.0. The number of hydrogen-bond donors (Lipinski definition) is 0. The number of hydrogen-bond acceptors (Lipinski definition) is 7. The molecule has 0 radical (unpaired) electrons. The largest absolute Gasteiger partial charge is 0.435 e. The molecule has 8 nitrogen and oxygen atoms in total. The number of aryl methyl sites for hydroxylation is 1. The van der Waals surface area contributed by atoms with Crippen LogP contribution in [0.3, 0.4) is 0 Å². The number of nitrogens with zero attached hydrogens (tertiary/aromatic N) is 5. The molecule has 0 bridgehead atoms. The summed E-state index contributed by atoms with van der Waals surface area (Å²) in [6, 6.07) is 9.98. The van der Waals surface area contributed by atoms with Crippen LogP contribution in [0.4, 0.5) is 19.1 Å². The number of amides is 1. The first-order valence-corrected chi connectivity index (χ1v) is 11.7. The summed E-state index contributed by atoms with van der Waals surface area (Å²) in [5.74, 6) is -0.494. The highest BCUT2D eigenvalue weighted by Crippen LogP contribution is 2.49. The Morgan fingerprint density at radius 1 is 1.18 bits per heavy atom. The van der Waals surface area contributed by atoms with Crippen LogP contribution in [0.2, 0.25) is 10.0 Å². The number of halogens is 5. The zero-order valence-electron chi connectivity index (χ0n) is 19.9. The maximum Gasteiger partial charge on any atom is 0.435 e. The SMILES string of the molecule is COCN(C(=O)c1ccc(C2=NOC(c3cc(Cl)cc(Cl)c3)(C(F)(F)F)C2)cc1C)c1ncc(C#N)cn1. The molecule has 4 rings (SSSR count). The fraction of sp³-hybridized carbons (Fsp3) is 0.240. The molecule has 1 unspecified atom stereocenters. The Bertz CT molecular complexity index is 1440. The molecule has 0 fully saturated rings. The van der Waals surface area contributed by atoms with Gasteiger partial charge in [0.25, 0.3) is 11.5 Å². The van der Waals surface area contributed by atoms with Crippen LogP contribution < -0.4 is 4.90 Å². The highest BCUT2D eigenvalue weighted by atomic mass is 35.5. The van der Waals surface area contributed by atoms with Gasteiger partial charge in [-0.15, -0.1) is 0 Å². The van der Waals surface area contributed by atoms with Gasteiger partial charge in [0.1, 0.15) is 12.8 Å². The third-order valence-corrected chi connectivity index (χ3v) is 6.25. The highest BCUT2D eigenvalue weighted by molar-refractivity contribution is 6.34. The van der Waals surface area contributed by atoms with Gasteiger partial charge in [-0.1, -0.05) is 34.4 Å². The van der Waals surface area contributed by atoms with E-state index in [9.17, 15) is 18.0 Å². The third-order valence-electron chi connectivity index (χ3n) is 5.82. The van der Waals surface area contributed by atoms with Crippen LogP contribution in [0, 0.1) is 18.3 Å². The topological polar surface area (TPSA) is 101 Å². The fourth-order valence-corrected chi connectivity index (χ4v) is 4.45. The van der Waals surface area contributed by atoms with E-state index in [-0.39, 0.29) is 45.1 Å². The first kappa shape index (κ1) is 27.3. The van der Waals surface area contributed by atoms with Gasteiger partial charge in [-0.3, -0.25) is 9.69 Å². The van der Waals surface area contributed by atoms with E-state index in [0.717, 1.165) is 17.0 Å². The van der Waals surface area contributed by atoms with E-state index >= 15 is 0 Å². The molecule has 1 amide bonds. The van der Waals surface area contributed by atoms with Gasteiger partial charge in [0.2, 0.25) is 5.95 Å². The van der Waals surface area contributed by atoms with Crippen LogP contribution in [0.1, 0.15) is 39.0 Å². The molecule has 0 N–H and O–H groups in total. The Labute approximate surface area is 225 Å². The predicted octanol–water partition coefficient (Wildman–Crippen LogP) is 5.80. The maximum atomic E-state index is 14.3. The monoisotopic (exact) mass is 563 g/mol. The van der Waals surface area contributed by atoms with Gasteiger partial charge in [0.15, 0.2) is 0 Å². The van der Waals surface area contributed by atoms with Crippen molar-refractivity contribution in [2.24, 2.45) is 5.16 Å². The average molecular weight is 564 g/mol. The Kier molecular flexibility index (Phi) is 7.60. The van der Waals surface area contributed by atoms with E-state index in [0.29, 0.717) is 11.1 Å². The van der Waals surface area contributed by atoms with Gasteiger partial charge in [0, 0.05) is 34.7 Å². The lowest BCUT2D eigenvalue weighted by Gasteiger charge is -2.29. The number of nitriles is 1. The van der Waals surface area contributed by atoms with Crippen LogP contribution >= 0.6 is 23.2 Å². The minimum atomic E-state index is -4.83. The summed E-state index contributed by atoms with van der Waals surface area (Å²) in [7, 11) is 1.39. The molecule has 196 valence electrons. The van der Waals surface area contributed by atoms with E-state index in [1.165, 1.54) is 43.8 Å². The highest BCUT2D eigenvalue weighted by Gasteiger charge is 2.62. The van der Waals surface area contributed by atoms with Crippen molar-refractivity contribution in [1.29, 1.82) is 5.26 Å². The van der Waals surface area contributed by atoms with Crippen molar-refractivity contribution in [2.75, 3.05) is 18.7 Å². The number of methoxy groups -OCH3 is 1. The number of oxime groups is 1. The Balaban J connectivity index is 1.64. The van der Waals surface area contributed by atoms with Gasteiger partial charge in [-0.2, -0.15) is 18.4 Å². The predicted molar refractivity (Wildman–Crippen MR) is 133 cm³/mol. The van der Waals surface area contributed by atoms with Crippen LogP contribution in [0.25, 0.3) is 0 Å². The van der Waals surface area contributed by atoms with Crippen molar-refractivity contribution in [3.05, 3.63) is 86.7 Å². The molecule has 2 heterocycles. The summed E-state index contributed by atoms with van der Waals surface area (Å²) in [5.41, 5.74) is -1.77. The summed E-state index contributed by atoms with van der Waals surface area (Å²) in [5, 5.41) is 12.8. The molecule has 0 saturated carbocycles. The van der Waals surface area contributed by atoms with Crippen molar-refractivity contribution in [3.8, 4) is 6.07 Å². The standard InChI is InChI=1S/C25H18Cl2F3N5O3/c1-14-5-16(3-4-20(14)22(36)35(13-37-2)23-32-11-15(10-31)12-33-23)21-9-24(38-34-21,25(28,29)30)17-6-18(26)8-19(27)7-17/h3-8,11-12H,9,13H2,1-2H3. The quantitative estimate of drug-likeness (QED) is 0.351. The average Bonchev–Trinajstić information content (AvgIpc) is 3.34. The lowest BCUT2D eigenvalue weighted by molar-refractivity contribution is -0.275. The van der Waals surface area contributed by atoms with Crippen molar-refractivity contribution < 1.29 is 27.5 Å². The zero-order chi connectivity index (χ0) is 27.7. The molecular weight excluding hydrogens is 546 g/mol. The third kappa shape index (κ3) is 5.15. The number of anilines is 1. The fourth-order valence-electron chi connectivity index (χ4n) is 3.93. The Morgan fingerprint density at radius 3 is 2.39 bits per heavy atom. The smallest absolute Gasteiger partial charge is 0.374 e. The molecule has 0 spiro atoms. The second-order valence-electron chi connectivity index (χ2n) is 8.35. The summed E-state index contributed by atoms with van der Waals surface area (Å²) in [6.45, 7) is 1.45. The molecule has 0 saturated heterocycles. The van der Waals surface area contributed by atoms with Gasteiger partial charge < -0.3 is 9.57 Å². The normalized spacial score (nSPS) is 16.9. The lowest BCUT2D eigenvalue weighted by Crippen LogP contribution is -2.42. The summed E-state index contributed by atoms with van der Waals surface area (Å²) < 4.78 is 48.0. The number of benzene rings is 2. The van der Waals surface area contributed by atoms with E-state index in [1.807, 2.05) is 6.07 Å². The van der Waals surface area contributed by atoms with E-state index < -0.39 is 24.1 Å². The zero-order valence-corrected chi connectivity index (χ0v) is 21.4.